The summed E-state index contributed by atoms with van der Waals surface area (Å²) in [6, 6.07) is 0. The number of ether oxygens (including phenoxy) is 1. The highest BCUT2D eigenvalue weighted by atomic mass is 16.5. The van der Waals surface area contributed by atoms with Gasteiger partial charge in [-0.2, -0.15) is 0 Å². The third kappa shape index (κ3) is 2.02. The fourth-order valence-corrected chi connectivity index (χ4v) is 4.06. The van der Waals surface area contributed by atoms with Gasteiger partial charge in [-0.05, 0) is 12.5 Å². The lowest BCUT2D eigenvalue weighted by Gasteiger charge is -2.42. The molecule has 1 atom stereocenters. The second-order valence-corrected chi connectivity index (χ2v) is 6.86. The standard InChI is InChI=1S/C16H23N3O2/c1-21-14-4-2-13(3-5-14)18-12-17-15(20)16(18)6-8-19(9-7-16)10-11-19/h2-4,14H,5-12H2,1H3/p+1. The van der Waals surface area contributed by atoms with E-state index < -0.39 is 0 Å². The maximum atomic E-state index is 12.5. The van der Waals surface area contributed by atoms with Crippen LogP contribution >= 0.6 is 0 Å². The lowest BCUT2D eigenvalue weighted by molar-refractivity contribution is -0.807. The van der Waals surface area contributed by atoms with E-state index in [1.165, 1.54) is 23.3 Å². The number of hydrogen-bond acceptors (Lipinski definition) is 3. The average Bonchev–Trinajstić information content (AvgIpc) is 3.22. The number of amides is 1. The summed E-state index contributed by atoms with van der Waals surface area (Å²) < 4.78 is 6.61. The van der Waals surface area contributed by atoms with Gasteiger partial charge in [0.05, 0.1) is 25.9 Å². The van der Waals surface area contributed by atoms with Crippen molar-refractivity contribution in [3.05, 3.63) is 23.9 Å². The molecule has 1 N–H and O–H groups in total. The van der Waals surface area contributed by atoms with Crippen LogP contribution in [0.4, 0.5) is 0 Å². The van der Waals surface area contributed by atoms with Gasteiger partial charge >= 0.3 is 0 Å². The van der Waals surface area contributed by atoms with Crippen molar-refractivity contribution in [1.82, 2.24) is 10.2 Å². The average molecular weight is 290 g/mol. The Labute approximate surface area is 125 Å². The molecule has 5 nitrogen and oxygen atoms in total. The fraction of sp³-hybridized carbons (Fsp3) is 0.688. The van der Waals surface area contributed by atoms with Crippen LogP contribution in [0.1, 0.15) is 19.3 Å². The van der Waals surface area contributed by atoms with Crippen LogP contribution in [0.5, 0.6) is 0 Å². The third-order valence-electron chi connectivity index (χ3n) is 5.85. The Bertz CT molecular complexity index is 512. The predicted molar refractivity (Wildman–Crippen MR) is 79.2 cm³/mol. The zero-order valence-corrected chi connectivity index (χ0v) is 12.7. The zero-order chi connectivity index (χ0) is 14.5. The molecular formula is C16H24N3O2+. The van der Waals surface area contributed by atoms with E-state index in [1.807, 2.05) is 0 Å². The van der Waals surface area contributed by atoms with Crippen molar-refractivity contribution in [2.45, 2.75) is 30.9 Å². The summed E-state index contributed by atoms with van der Waals surface area (Å²) in [5, 5.41) is 3.07. The van der Waals surface area contributed by atoms with E-state index >= 15 is 0 Å². The Morgan fingerprint density at radius 3 is 2.67 bits per heavy atom. The van der Waals surface area contributed by atoms with E-state index in [1.54, 1.807) is 7.11 Å². The highest BCUT2D eigenvalue weighted by molar-refractivity contribution is 5.88. The van der Waals surface area contributed by atoms with Gasteiger partial charge in [-0.25, -0.2) is 0 Å². The van der Waals surface area contributed by atoms with Crippen molar-refractivity contribution in [1.29, 1.82) is 0 Å². The molecule has 2 spiro atoms. The smallest absolute Gasteiger partial charge is 0.247 e. The number of carbonyl (C=O) groups excluding carboxylic acids is 1. The summed E-state index contributed by atoms with van der Waals surface area (Å²) in [4.78, 5) is 14.8. The van der Waals surface area contributed by atoms with Gasteiger partial charge in [-0.15, -0.1) is 0 Å². The molecule has 1 aliphatic carbocycles. The molecule has 3 fully saturated rings. The Morgan fingerprint density at radius 2 is 2.10 bits per heavy atom. The quantitative estimate of drug-likeness (QED) is 0.598. The lowest BCUT2D eigenvalue weighted by Crippen LogP contribution is -2.56. The number of piperidine rings is 1. The summed E-state index contributed by atoms with van der Waals surface area (Å²) in [6.45, 7) is 5.58. The van der Waals surface area contributed by atoms with Crippen LogP contribution in [-0.2, 0) is 9.53 Å². The molecule has 0 aromatic heterocycles. The number of nitrogens with zero attached hydrogens (tertiary/aromatic N) is 2. The van der Waals surface area contributed by atoms with Crippen LogP contribution in [0.3, 0.4) is 0 Å². The van der Waals surface area contributed by atoms with Gasteiger partial charge in [0.2, 0.25) is 5.91 Å². The molecule has 3 heterocycles. The molecule has 21 heavy (non-hydrogen) atoms. The molecule has 3 saturated heterocycles. The number of hydrogen-bond donors (Lipinski definition) is 1. The molecule has 0 bridgehead atoms. The Morgan fingerprint density at radius 1 is 1.33 bits per heavy atom. The first kappa shape index (κ1) is 13.3. The van der Waals surface area contributed by atoms with Crippen molar-refractivity contribution in [2.24, 2.45) is 0 Å². The second kappa shape index (κ2) is 4.58. The molecule has 0 aromatic rings. The molecule has 114 valence electrons. The van der Waals surface area contributed by atoms with Crippen LogP contribution in [0, 0.1) is 0 Å². The van der Waals surface area contributed by atoms with Gasteiger partial charge in [0.25, 0.3) is 0 Å². The lowest BCUT2D eigenvalue weighted by atomic mass is 9.85. The zero-order valence-electron chi connectivity index (χ0n) is 12.7. The number of nitrogens with one attached hydrogen (secondary N) is 1. The topological polar surface area (TPSA) is 41.6 Å². The normalized spacial score (nSPS) is 32.4. The van der Waals surface area contributed by atoms with E-state index in [0.717, 1.165) is 32.4 Å². The summed E-state index contributed by atoms with van der Waals surface area (Å²) >= 11 is 0. The Balaban J connectivity index is 1.56. The van der Waals surface area contributed by atoms with Gasteiger partial charge < -0.3 is 19.4 Å². The summed E-state index contributed by atoms with van der Waals surface area (Å²) in [7, 11) is 1.74. The Hall–Kier alpha value is -1.33. The molecule has 0 aromatic carbocycles. The molecule has 1 unspecified atom stereocenters. The number of carbonyl (C=O) groups is 1. The summed E-state index contributed by atoms with van der Waals surface area (Å²) in [5.74, 6) is 0.227. The summed E-state index contributed by atoms with van der Waals surface area (Å²) in [5.41, 5.74) is 0.878. The second-order valence-electron chi connectivity index (χ2n) is 6.86. The molecule has 4 aliphatic rings. The molecule has 1 amide bonds. The van der Waals surface area contributed by atoms with E-state index in [9.17, 15) is 4.79 Å². The SMILES string of the molecule is COC1C=CC(N2CNC(=O)C23CC[N+]2(CC3)CC2)=CC1. The van der Waals surface area contributed by atoms with Crippen LogP contribution in [-0.4, -0.2) is 66.9 Å². The first-order valence-electron chi connectivity index (χ1n) is 8.00. The van der Waals surface area contributed by atoms with E-state index in [-0.39, 0.29) is 17.6 Å². The minimum atomic E-state index is -0.303. The van der Waals surface area contributed by atoms with Crippen molar-refractivity contribution >= 4 is 5.91 Å². The van der Waals surface area contributed by atoms with E-state index in [0.29, 0.717) is 6.67 Å². The number of rotatable bonds is 2. The molecule has 0 saturated carbocycles. The number of methoxy groups -OCH3 is 1. The highest BCUT2D eigenvalue weighted by Gasteiger charge is 2.57. The largest absolute Gasteiger partial charge is 0.377 e. The molecule has 3 aliphatic heterocycles. The van der Waals surface area contributed by atoms with Crippen LogP contribution in [0.25, 0.3) is 0 Å². The fourth-order valence-electron chi connectivity index (χ4n) is 4.06. The maximum absolute atomic E-state index is 12.5. The number of allylic oxidation sites excluding steroid dienone is 1. The first-order valence-corrected chi connectivity index (χ1v) is 8.00. The molecule has 4 rings (SSSR count). The van der Waals surface area contributed by atoms with Crippen molar-refractivity contribution in [2.75, 3.05) is 40.0 Å². The Kier molecular flexibility index (Phi) is 2.91. The van der Waals surface area contributed by atoms with E-state index in [2.05, 4.69) is 28.4 Å². The first-order chi connectivity index (χ1) is 10.2. The van der Waals surface area contributed by atoms with Gasteiger partial charge in [-0.1, -0.05) is 12.2 Å². The third-order valence-corrected chi connectivity index (χ3v) is 5.85. The highest BCUT2D eigenvalue weighted by Crippen LogP contribution is 2.41. The maximum Gasteiger partial charge on any atom is 0.247 e. The van der Waals surface area contributed by atoms with Crippen LogP contribution in [0.15, 0.2) is 23.9 Å². The van der Waals surface area contributed by atoms with Gasteiger partial charge in [-0.3, -0.25) is 4.79 Å². The van der Waals surface area contributed by atoms with Crippen LogP contribution < -0.4 is 5.32 Å². The molecule has 5 heteroatoms. The van der Waals surface area contributed by atoms with Crippen molar-refractivity contribution < 1.29 is 14.0 Å². The predicted octanol–water partition coefficient (Wildman–Crippen LogP) is 0.598. The van der Waals surface area contributed by atoms with Gasteiger partial charge in [0.15, 0.2) is 0 Å². The molecule has 0 radical (unpaired) electrons. The van der Waals surface area contributed by atoms with Gasteiger partial charge in [0.1, 0.15) is 18.6 Å². The van der Waals surface area contributed by atoms with Crippen molar-refractivity contribution in [3.8, 4) is 0 Å². The van der Waals surface area contributed by atoms with Crippen molar-refractivity contribution in [3.63, 3.8) is 0 Å². The van der Waals surface area contributed by atoms with E-state index in [4.69, 9.17) is 4.74 Å². The van der Waals surface area contributed by atoms with Crippen LogP contribution in [0.2, 0.25) is 0 Å². The molecular weight excluding hydrogens is 266 g/mol. The minimum absolute atomic E-state index is 0.175. The van der Waals surface area contributed by atoms with Gasteiger partial charge in [0, 0.05) is 25.6 Å². The number of quaternary nitrogens is 1. The minimum Gasteiger partial charge on any atom is -0.377 e. The monoisotopic (exact) mass is 290 g/mol. The summed E-state index contributed by atoms with van der Waals surface area (Å²) in [6.07, 6.45) is 9.47.